The van der Waals surface area contributed by atoms with E-state index in [4.69, 9.17) is 23.2 Å². The molecule has 1 heterocycles. The fraction of sp³-hybridized carbons (Fsp3) is 0.263. The van der Waals surface area contributed by atoms with Gasteiger partial charge in [-0.2, -0.15) is 0 Å². The zero-order valence-electron chi connectivity index (χ0n) is 13.8. The lowest BCUT2D eigenvalue weighted by Gasteiger charge is -2.23. The largest absolute Gasteiger partial charge is 0.375 e. The van der Waals surface area contributed by atoms with Crippen LogP contribution in [0.3, 0.4) is 0 Å². The number of Topliss-reactive ketones (excluding diaryl/α,β-unsaturated/α-hetero) is 1. The number of amides is 1. The summed E-state index contributed by atoms with van der Waals surface area (Å²) < 4.78 is 0. The second-order valence-electron chi connectivity index (χ2n) is 6.34. The number of hydrogen-bond acceptors (Lipinski definition) is 3. The van der Waals surface area contributed by atoms with Crippen LogP contribution < -0.4 is 4.90 Å². The van der Waals surface area contributed by atoms with Crippen LogP contribution in [0.15, 0.2) is 36.4 Å². The van der Waals surface area contributed by atoms with Crippen molar-refractivity contribution in [3.05, 3.63) is 63.1 Å². The Labute approximate surface area is 156 Å². The summed E-state index contributed by atoms with van der Waals surface area (Å²) in [4.78, 5) is 26.1. The number of carbonyl (C=O) groups is 2. The normalized spacial score (nSPS) is 19.2. The number of halogens is 2. The van der Waals surface area contributed by atoms with E-state index in [1.807, 2.05) is 13.0 Å². The molecule has 2 aromatic carbocycles. The third kappa shape index (κ3) is 3.06. The van der Waals surface area contributed by atoms with Crippen LogP contribution in [0, 0.1) is 6.92 Å². The molecule has 0 bridgehead atoms. The molecule has 2 aromatic rings. The van der Waals surface area contributed by atoms with Crippen molar-refractivity contribution in [1.82, 2.24) is 0 Å². The third-order valence-corrected chi connectivity index (χ3v) is 4.99. The molecule has 0 aromatic heterocycles. The van der Waals surface area contributed by atoms with Gasteiger partial charge >= 0.3 is 0 Å². The lowest BCUT2D eigenvalue weighted by molar-refractivity contribution is -0.141. The number of fused-ring (bicyclic) bond motifs is 1. The van der Waals surface area contributed by atoms with Crippen molar-refractivity contribution in [3.63, 3.8) is 0 Å². The zero-order chi connectivity index (χ0) is 18.4. The molecule has 0 fully saturated rings. The average molecular weight is 378 g/mol. The first-order chi connectivity index (χ1) is 11.7. The predicted octanol–water partition coefficient (Wildman–Crippen LogP) is 4.02. The molecule has 0 radical (unpaired) electrons. The van der Waals surface area contributed by atoms with Crippen LogP contribution in [-0.4, -0.2) is 16.8 Å². The maximum absolute atomic E-state index is 13.0. The SMILES string of the molecule is CC(=O)C[C@]1(O)C(=O)N(Cc2ccc(Cl)cc2Cl)c2c(C)cccc21. The number of para-hydroxylation sites is 1. The smallest absolute Gasteiger partial charge is 0.264 e. The van der Waals surface area contributed by atoms with E-state index in [2.05, 4.69) is 0 Å². The number of nitrogens with zero attached hydrogens (tertiary/aromatic N) is 1. The van der Waals surface area contributed by atoms with Crippen LogP contribution in [0.4, 0.5) is 5.69 Å². The summed E-state index contributed by atoms with van der Waals surface area (Å²) in [6.07, 6.45) is -0.257. The standard InChI is InChI=1S/C19H17Cl2NO3/c1-11-4-3-5-15-17(11)22(18(24)19(15,25)9-12(2)23)10-13-6-7-14(20)8-16(13)21/h3-8,25H,9-10H2,1-2H3/t19-/m1/s1. The molecule has 1 amide bonds. The highest BCUT2D eigenvalue weighted by Crippen LogP contribution is 2.45. The zero-order valence-corrected chi connectivity index (χ0v) is 15.4. The van der Waals surface area contributed by atoms with Gasteiger partial charge in [0, 0.05) is 22.0 Å². The van der Waals surface area contributed by atoms with Crippen molar-refractivity contribution in [2.24, 2.45) is 0 Å². The lowest BCUT2D eigenvalue weighted by Crippen LogP contribution is -2.41. The molecule has 25 heavy (non-hydrogen) atoms. The molecule has 130 valence electrons. The van der Waals surface area contributed by atoms with Crippen molar-refractivity contribution in [3.8, 4) is 0 Å². The van der Waals surface area contributed by atoms with Crippen molar-refractivity contribution >= 4 is 40.6 Å². The van der Waals surface area contributed by atoms with Gasteiger partial charge in [0.1, 0.15) is 5.78 Å². The lowest BCUT2D eigenvalue weighted by atomic mass is 9.89. The minimum Gasteiger partial charge on any atom is -0.375 e. The topological polar surface area (TPSA) is 57.6 Å². The maximum atomic E-state index is 13.0. The van der Waals surface area contributed by atoms with E-state index >= 15 is 0 Å². The van der Waals surface area contributed by atoms with Crippen LogP contribution in [0.25, 0.3) is 0 Å². The highest BCUT2D eigenvalue weighted by atomic mass is 35.5. The van der Waals surface area contributed by atoms with Gasteiger partial charge in [-0.3, -0.25) is 9.59 Å². The average Bonchev–Trinajstić information content (AvgIpc) is 2.72. The van der Waals surface area contributed by atoms with Gasteiger partial charge < -0.3 is 10.0 Å². The number of rotatable bonds is 4. The quantitative estimate of drug-likeness (QED) is 0.875. The minimum atomic E-state index is -1.84. The predicted molar refractivity (Wildman–Crippen MR) is 98.0 cm³/mol. The first-order valence-corrected chi connectivity index (χ1v) is 8.57. The van der Waals surface area contributed by atoms with Gasteiger partial charge in [-0.15, -0.1) is 0 Å². The fourth-order valence-corrected chi connectivity index (χ4v) is 3.76. The summed E-state index contributed by atoms with van der Waals surface area (Å²) >= 11 is 12.2. The molecular formula is C19H17Cl2NO3. The Morgan fingerprint density at radius 3 is 2.60 bits per heavy atom. The maximum Gasteiger partial charge on any atom is 0.264 e. The first kappa shape index (κ1) is 17.9. The van der Waals surface area contributed by atoms with Crippen LogP contribution in [0.5, 0.6) is 0 Å². The Kier molecular flexibility index (Phi) is 4.62. The number of carbonyl (C=O) groups excluding carboxylic acids is 2. The second-order valence-corrected chi connectivity index (χ2v) is 7.18. The molecule has 0 saturated carbocycles. The Bertz CT molecular complexity index is 881. The van der Waals surface area contributed by atoms with E-state index in [1.165, 1.54) is 11.8 Å². The molecule has 0 spiro atoms. The van der Waals surface area contributed by atoms with Crippen molar-refractivity contribution in [1.29, 1.82) is 0 Å². The fourth-order valence-electron chi connectivity index (χ4n) is 3.29. The van der Waals surface area contributed by atoms with Gasteiger partial charge in [-0.1, -0.05) is 47.5 Å². The molecule has 1 N–H and O–H groups in total. The molecular weight excluding hydrogens is 361 g/mol. The highest BCUT2D eigenvalue weighted by Gasteiger charge is 2.50. The van der Waals surface area contributed by atoms with Gasteiger partial charge in [0.25, 0.3) is 5.91 Å². The molecule has 1 atom stereocenters. The second kappa shape index (κ2) is 6.45. The Morgan fingerprint density at radius 1 is 1.24 bits per heavy atom. The minimum absolute atomic E-state index is 0.187. The van der Waals surface area contributed by atoms with Crippen LogP contribution in [0.1, 0.15) is 30.0 Å². The van der Waals surface area contributed by atoms with Gasteiger partial charge in [-0.25, -0.2) is 0 Å². The summed E-state index contributed by atoms with van der Waals surface area (Å²) in [5, 5.41) is 12.0. The number of aryl methyl sites for hydroxylation is 1. The Balaban J connectivity index is 2.09. The summed E-state index contributed by atoms with van der Waals surface area (Å²) in [5.41, 5.74) is 0.794. The molecule has 0 saturated heterocycles. The monoisotopic (exact) mass is 377 g/mol. The molecule has 3 rings (SSSR count). The number of ketones is 1. The summed E-state index contributed by atoms with van der Waals surface area (Å²) in [6.45, 7) is 3.41. The van der Waals surface area contributed by atoms with E-state index in [0.29, 0.717) is 26.9 Å². The van der Waals surface area contributed by atoms with Crippen molar-refractivity contribution in [2.45, 2.75) is 32.4 Å². The van der Waals surface area contributed by atoms with Gasteiger partial charge in [0.05, 0.1) is 12.2 Å². The molecule has 6 heteroatoms. The van der Waals surface area contributed by atoms with E-state index in [1.54, 1.807) is 30.3 Å². The Morgan fingerprint density at radius 2 is 1.96 bits per heavy atom. The summed E-state index contributed by atoms with van der Waals surface area (Å²) in [7, 11) is 0. The van der Waals surface area contributed by atoms with Crippen molar-refractivity contribution in [2.75, 3.05) is 4.90 Å². The molecule has 0 aliphatic carbocycles. The highest BCUT2D eigenvalue weighted by molar-refractivity contribution is 6.35. The van der Waals surface area contributed by atoms with Crippen molar-refractivity contribution < 1.29 is 14.7 Å². The Hall–Kier alpha value is -1.88. The van der Waals surface area contributed by atoms with Crippen LogP contribution in [-0.2, 0) is 21.7 Å². The molecule has 1 aliphatic heterocycles. The number of aliphatic hydroxyl groups is 1. The summed E-state index contributed by atoms with van der Waals surface area (Å²) in [6, 6.07) is 10.4. The molecule has 0 unspecified atom stereocenters. The van der Waals surface area contributed by atoms with Gasteiger partial charge in [0.2, 0.25) is 0 Å². The van der Waals surface area contributed by atoms with Crippen LogP contribution in [0.2, 0.25) is 10.0 Å². The van der Waals surface area contributed by atoms with Gasteiger partial charge in [0.15, 0.2) is 5.60 Å². The van der Waals surface area contributed by atoms with E-state index in [0.717, 1.165) is 5.56 Å². The first-order valence-electron chi connectivity index (χ1n) is 7.82. The number of benzene rings is 2. The van der Waals surface area contributed by atoms with Gasteiger partial charge in [-0.05, 0) is 37.1 Å². The number of anilines is 1. The number of hydrogen-bond donors (Lipinski definition) is 1. The molecule has 1 aliphatic rings. The third-order valence-electron chi connectivity index (χ3n) is 4.40. The van der Waals surface area contributed by atoms with Crippen LogP contribution >= 0.6 is 23.2 Å². The van der Waals surface area contributed by atoms with E-state index in [9.17, 15) is 14.7 Å². The van der Waals surface area contributed by atoms with E-state index in [-0.39, 0.29) is 18.7 Å². The van der Waals surface area contributed by atoms with E-state index < -0.39 is 11.5 Å². The summed E-state index contributed by atoms with van der Waals surface area (Å²) in [5.74, 6) is -0.771. The molecule has 4 nitrogen and oxygen atoms in total.